The topological polar surface area (TPSA) is 113 Å². The number of hydrogen-bond donors (Lipinski definition) is 1. The molecule has 1 N–H and O–H groups in total. The highest BCUT2D eigenvalue weighted by atomic mass is 16.4. The third-order valence-electron chi connectivity index (χ3n) is 5.12. The molecule has 0 saturated carbocycles. The maximum absolute atomic E-state index is 12.5. The predicted octanol–water partition coefficient (Wildman–Crippen LogP) is 2.33. The number of carbonyl (C=O) groups excluding carboxylic acids is 2. The van der Waals surface area contributed by atoms with Crippen LogP contribution in [0.25, 0.3) is 21.9 Å². The molecule has 0 spiro atoms. The normalized spacial score (nSPS) is 13.0. The fraction of sp³-hybridized carbons (Fsp3) is 0.409. The van der Waals surface area contributed by atoms with E-state index < -0.39 is 23.5 Å². The van der Waals surface area contributed by atoms with E-state index in [-0.39, 0.29) is 18.3 Å². The summed E-state index contributed by atoms with van der Waals surface area (Å²) >= 11 is 0. The van der Waals surface area contributed by atoms with Gasteiger partial charge in [-0.25, -0.2) is 4.79 Å². The molecule has 0 radical (unpaired) electrons. The van der Waals surface area contributed by atoms with E-state index in [2.05, 4.69) is 26.1 Å². The largest absolute Gasteiger partial charge is 0.548 e. The summed E-state index contributed by atoms with van der Waals surface area (Å²) in [5.41, 5.74) is 2.63. The van der Waals surface area contributed by atoms with E-state index in [4.69, 9.17) is 8.83 Å². The second-order valence-corrected chi connectivity index (χ2v) is 8.35. The molecule has 0 unspecified atom stereocenters. The molecule has 29 heavy (non-hydrogen) atoms. The van der Waals surface area contributed by atoms with Crippen LogP contribution in [0.15, 0.2) is 32.0 Å². The minimum Gasteiger partial charge on any atom is -0.548 e. The Morgan fingerprint density at radius 3 is 2.48 bits per heavy atom. The summed E-state index contributed by atoms with van der Waals surface area (Å²) in [7, 11) is 0. The molecule has 7 heteroatoms. The Balaban J connectivity index is 1.98. The molecule has 1 atom stereocenters. The number of nitrogens with one attached hydrogen (secondary N) is 1. The van der Waals surface area contributed by atoms with Crippen molar-refractivity contribution >= 4 is 33.8 Å². The summed E-state index contributed by atoms with van der Waals surface area (Å²) in [6.45, 7) is 9.43. The smallest absolute Gasteiger partial charge is 0.339 e. The number of fused-ring (bicyclic) bond motifs is 2. The molecule has 0 aliphatic heterocycles. The van der Waals surface area contributed by atoms with Crippen molar-refractivity contribution in [3.8, 4) is 0 Å². The van der Waals surface area contributed by atoms with Gasteiger partial charge in [0.05, 0.1) is 18.3 Å². The SMILES string of the molecule is Cc1c(CCC(=O)N[C@H](C)C(=O)[O-])c(=O)oc2cc3occ(C(C)(C)C)c3cc12. The van der Waals surface area contributed by atoms with Crippen LogP contribution in [0.1, 0.15) is 50.8 Å². The number of benzene rings is 1. The number of carboxylic acid groups (broad SMARTS) is 1. The first-order chi connectivity index (χ1) is 13.5. The lowest BCUT2D eigenvalue weighted by Gasteiger charge is -2.17. The highest BCUT2D eigenvalue weighted by Crippen LogP contribution is 2.35. The molecule has 0 bridgehead atoms. The Bertz CT molecular complexity index is 1160. The summed E-state index contributed by atoms with van der Waals surface area (Å²) in [6.07, 6.45) is 1.84. The van der Waals surface area contributed by atoms with Gasteiger partial charge >= 0.3 is 5.63 Å². The van der Waals surface area contributed by atoms with Crippen molar-refractivity contribution in [1.29, 1.82) is 0 Å². The van der Waals surface area contributed by atoms with Crippen LogP contribution < -0.4 is 16.0 Å². The Labute approximate surface area is 167 Å². The molecular formula is C22H24NO6-. The summed E-state index contributed by atoms with van der Waals surface area (Å²) in [6, 6.07) is 2.57. The maximum Gasteiger partial charge on any atom is 0.339 e. The standard InChI is InChI=1S/C22H25NO6/c1-11-13(6-7-19(24)23-12(2)20(25)26)21(27)29-18-9-17-15(8-14(11)18)16(10-28-17)22(3,4)5/h8-10,12H,6-7H2,1-5H3,(H,23,24)(H,25,26)/p-1/t12-/m1/s1. The molecule has 2 aromatic heterocycles. The number of rotatable bonds is 5. The Morgan fingerprint density at radius 2 is 1.86 bits per heavy atom. The number of aryl methyl sites for hydroxylation is 1. The Morgan fingerprint density at radius 1 is 1.17 bits per heavy atom. The van der Waals surface area contributed by atoms with E-state index in [0.717, 1.165) is 21.9 Å². The Kier molecular flexibility index (Phi) is 5.26. The van der Waals surface area contributed by atoms with Crippen LogP contribution in [0.2, 0.25) is 0 Å². The maximum atomic E-state index is 12.5. The van der Waals surface area contributed by atoms with E-state index >= 15 is 0 Å². The van der Waals surface area contributed by atoms with E-state index in [1.807, 2.05) is 13.0 Å². The first-order valence-electron chi connectivity index (χ1n) is 9.47. The van der Waals surface area contributed by atoms with Crippen LogP contribution in [0.4, 0.5) is 0 Å². The van der Waals surface area contributed by atoms with Gasteiger partial charge in [-0.05, 0) is 37.3 Å². The van der Waals surface area contributed by atoms with Crippen molar-refractivity contribution in [3.05, 3.63) is 45.5 Å². The molecule has 3 aromatic rings. The van der Waals surface area contributed by atoms with E-state index in [9.17, 15) is 19.5 Å². The molecule has 1 amide bonds. The molecule has 3 rings (SSSR count). The van der Waals surface area contributed by atoms with Crippen molar-refractivity contribution in [1.82, 2.24) is 5.32 Å². The first-order valence-corrected chi connectivity index (χ1v) is 9.47. The lowest BCUT2D eigenvalue weighted by atomic mass is 9.86. The zero-order valence-corrected chi connectivity index (χ0v) is 17.2. The van der Waals surface area contributed by atoms with Crippen LogP contribution in [-0.2, 0) is 21.4 Å². The number of hydrogen-bond acceptors (Lipinski definition) is 6. The molecular weight excluding hydrogens is 374 g/mol. The molecule has 7 nitrogen and oxygen atoms in total. The second kappa shape index (κ2) is 7.39. The number of furan rings is 1. The first kappa shape index (κ1) is 20.6. The number of aliphatic carboxylic acids is 1. The van der Waals surface area contributed by atoms with Gasteiger partial charge in [0.1, 0.15) is 11.2 Å². The Hall–Kier alpha value is -3.09. The van der Waals surface area contributed by atoms with Crippen molar-refractivity contribution in [2.75, 3.05) is 0 Å². The zero-order chi connectivity index (χ0) is 21.5. The average Bonchev–Trinajstić information content (AvgIpc) is 3.03. The van der Waals surface area contributed by atoms with Gasteiger partial charge in [-0.2, -0.15) is 0 Å². The minimum atomic E-state index is -1.36. The van der Waals surface area contributed by atoms with Gasteiger partial charge in [0, 0.05) is 34.4 Å². The molecule has 0 aliphatic rings. The molecule has 1 aromatic carbocycles. The van der Waals surface area contributed by atoms with Gasteiger partial charge in [0.15, 0.2) is 0 Å². The number of carbonyl (C=O) groups is 2. The lowest BCUT2D eigenvalue weighted by Crippen LogP contribution is -2.46. The van der Waals surface area contributed by atoms with E-state index in [1.165, 1.54) is 6.92 Å². The number of carboxylic acids is 1. The van der Waals surface area contributed by atoms with Crippen molar-refractivity contribution in [2.24, 2.45) is 0 Å². The fourth-order valence-electron chi connectivity index (χ4n) is 3.39. The van der Waals surface area contributed by atoms with E-state index in [0.29, 0.717) is 16.7 Å². The van der Waals surface area contributed by atoms with Gasteiger partial charge in [0.2, 0.25) is 5.91 Å². The van der Waals surface area contributed by atoms with Crippen LogP contribution in [0, 0.1) is 6.92 Å². The monoisotopic (exact) mass is 398 g/mol. The quantitative estimate of drug-likeness (QED) is 0.660. The average molecular weight is 398 g/mol. The minimum absolute atomic E-state index is 0.0318. The third kappa shape index (κ3) is 4.04. The molecule has 154 valence electrons. The highest BCUT2D eigenvalue weighted by Gasteiger charge is 2.22. The van der Waals surface area contributed by atoms with Gasteiger partial charge in [-0.1, -0.05) is 20.8 Å². The molecule has 0 saturated heterocycles. The fourth-order valence-corrected chi connectivity index (χ4v) is 3.39. The van der Waals surface area contributed by atoms with E-state index in [1.54, 1.807) is 12.3 Å². The van der Waals surface area contributed by atoms with Crippen LogP contribution in [0.3, 0.4) is 0 Å². The van der Waals surface area contributed by atoms with Gasteiger partial charge in [0.25, 0.3) is 0 Å². The van der Waals surface area contributed by atoms with Crippen LogP contribution >= 0.6 is 0 Å². The van der Waals surface area contributed by atoms with Gasteiger partial charge in [-0.15, -0.1) is 0 Å². The second-order valence-electron chi connectivity index (χ2n) is 8.35. The zero-order valence-electron chi connectivity index (χ0n) is 17.2. The van der Waals surface area contributed by atoms with Gasteiger partial charge < -0.3 is 24.1 Å². The summed E-state index contributed by atoms with van der Waals surface area (Å²) < 4.78 is 11.1. The summed E-state index contributed by atoms with van der Waals surface area (Å²) in [5.74, 6) is -1.83. The van der Waals surface area contributed by atoms with Crippen molar-refractivity contribution in [2.45, 2.75) is 58.9 Å². The molecule has 0 fully saturated rings. The van der Waals surface area contributed by atoms with Crippen LogP contribution in [0.5, 0.6) is 0 Å². The molecule has 0 aliphatic carbocycles. The molecule has 2 heterocycles. The van der Waals surface area contributed by atoms with Crippen molar-refractivity contribution in [3.63, 3.8) is 0 Å². The predicted molar refractivity (Wildman–Crippen MR) is 107 cm³/mol. The highest BCUT2D eigenvalue weighted by molar-refractivity contribution is 5.97. The van der Waals surface area contributed by atoms with Gasteiger partial charge in [-0.3, -0.25) is 4.79 Å². The summed E-state index contributed by atoms with van der Waals surface area (Å²) in [5, 5.41) is 14.8. The number of amides is 1. The van der Waals surface area contributed by atoms with Crippen molar-refractivity contribution < 1.29 is 23.5 Å². The van der Waals surface area contributed by atoms with Crippen LogP contribution in [-0.4, -0.2) is 17.9 Å². The lowest BCUT2D eigenvalue weighted by molar-refractivity contribution is -0.307. The summed E-state index contributed by atoms with van der Waals surface area (Å²) in [4.78, 5) is 35.2. The third-order valence-corrected chi connectivity index (χ3v) is 5.12.